The van der Waals surface area contributed by atoms with E-state index in [2.05, 4.69) is 10.6 Å². The molecule has 1 aromatic heterocycles. The molecule has 29 heavy (non-hydrogen) atoms. The number of piperidine rings is 1. The van der Waals surface area contributed by atoms with Crippen LogP contribution < -0.4 is 21.1 Å². The predicted octanol–water partition coefficient (Wildman–Crippen LogP) is 2.79. The van der Waals surface area contributed by atoms with E-state index in [4.69, 9.17) is 15.6 Å². The van der Waals surface area contributed by atoms with Crippen molar-refractivity contribution in [2.45, 2.75) is 18.9 Å². The topological polar surface area (TPSA) is 134 Å². The van der Waals surface area contributed by atoms with Crippen LogP contribution in [-0.4, -0.2) is 54.3 Å². The van der Waals surface area contributed by atoms with Gasteiger partial charge >= 0.3 is 12.1 Å². The van der Waals surface area contributed by atoms with Crippen LogP contribution in [0.4, 0.5) is 14.6 Å². The van der Waals surface area contributed by atoms with Crippen molar-refractivity contribution < 1.29 is 24.2 Å². The maximum atomic E-state index is 12.8. The first-order chi connectivity index (χ1) is 13.9. The standard InChI is InChI=1S/C19H22N4O5S/c1-28-13-4-2-11(3-5-13)15-10-14(17(29-15)22-18(20)25)16(24)21-12-6-8-23(9-7-12)19(26)27/h2-5,10,12H,6-9H2,1H3,(H,21,24)(H,26,27)(H3,20,22,25). The second-order valence-electron chi connectivity index (χ2n) is 6.59. The van der Waals surface area contributed by atoms with E-state index < -0.39 is 12.1 Å². The van der Waals surface area contributed by atoms with Crippen LogP contribution in [0.3, 0.4) is 0 Å². The molecule has 10 heteroatoms. The van der Waals surface area contributed by atoms with E-state index in [1.54, 1.807) is 13.2 Å². The maximum absolute atomic E-state index is 12.8. The highest BCUT2D eigenvalue weighted by Gasteiger charge is 2.25. The minimum absolute atomic E-state index is 0.135. The minimum atomic E-state index is -0.954. The number of likely N-dealkylation sites (tertiary alicyclic amines) is 1. The quantitative estimate of drug-likeness (QED) is 0.592. The highest BCUT2D eigenvalue weighted by atomic mass is 32.1. The number of carboxylic acid groups (broad SMARTS) is 1. The summed E-state index contributed by atoms with van der Waals surface area (Å²) < 4.78 is 5.16. The van der Waals surface area contributed by atoms with Crippen LogP contribution in [-0.2, 0) is 0 Å². The Hall–Kier alpha value is -3.27. The molecule has 1 aliphatic heterocycles. The number of amides is 4. The van der Waals surface area contributed by atoms with Crippen LogP contribution in [0.25, 0.3) is 10.4 Å². The van der Waals surface area contributed by atoms with Crippen LogP contribution in [0.5, 0.6) is 5.75 Å². The summed E-state index contributed by atoms with van der Waals surface area (Å²) in [6.07, 6.45) is 0.114. The van der Waals surface area contributed by atoms with E-state index in [0.29, 0.717) is 42.2 Å². The summed E-state index contributed by atoms with van der Waals surface area (Å²) in [6.45, 7) is 0.737. The van der Waals surface area contributed by atoms with Gasteiger partial charge in [0.05, 0.1) is 12.7 Å². The number of nitrogens with two attached hydrogens (primary N) is 1. The molecule has 2 heterocycles. The average molecular weight is 418 g/mol. The molecule has 0 bridgehead atoms. The molecule has 1 fully saturated rings. The number of methoxy groups -OCH3 is 1. The zero-order valence-corrected chi connectivity index (χ0v) is 16.6. The van der Waals surface area contributed by atoms with Crippen LogP contribution >= 0.6 is 11.3 Å². The van der Waals surface area contributed by atoms with Gasteiger partial charge in [-0.1, -0.05) is 0 Å². The van der Waals surface area contributed by atoms with Gasteiger partial charge in [0.2, 0.25) is 0 Å². The molecule has 0 aliphatic carbocycles. The number of ether oxygens (including phenoxy) is 1. The van der Waals surface area contributed by atoms with Crippen molar-refractivity contribution in [3.63, 3.8) is 0 Å². The molecular weight excluding hydrogens is 396 g/mol. The van der Waals surface area contributed by atoms with Crippen LogP contribution in [0.1, 0.15) is 23.2 Å². The molecule has 2 aromatic rings. The first kappa shape index (κ1) is 20.5. The smallest absolute Gasteiger partial charge is 0.407 e. The van der Waals surface area contributed by atoms with Gasteiger partial charge in [0.25, 0.3) is 5.91 Å². The number of hydrogen-bond donors (Lipinski definition) is 4. The molecule has 4 amide bonds. The van der Waals surface area contributed by atoms with Crippen molar-refractivity contribution in [3.05, 3.63) is 35.9 Å². The maximum Gasteiger partial charge on any atom is 0.407 e. The summed E-state index contributed by atoms with van der Waals surface area (Å²) in [5, 5.41) is 14.8. The Labute approximate surface area is 171 Å². The van der Waals surface area contributed by atoms with Crippen LogP contribution in [0, 0.1) is 0 Å². The largest absolute Gasteiger partial charge is 0.497 e. The fraction of sp³-hybridized carbons (Fsp3) is 0.316. The lowest BCUT2D eigenvalue weighted by atomic mass is 10.0. The van der Waals surface area contributed by atoms with Gasteiger partial charge in [0.1, 0.15) is 10.8 Å². The molecule has 5 N–H and O–H groups in total. The Morgan fingerprint density at radius 3 is 2.41 bits per heavy atom. The summed E-state index contributed by atoms with van der Waals surface area (Å²) in [5.41, 5.74) is 6.45. The Morgan fingerprint density at radius 1 is 1.21 bits per heavy atom. The SMILES string of the molecule is COc1ccc(-c2cc(C(=O)NC3CCN(C(=O)O)CC3)c(NC(N)=O)s2)cc1. The lowest BCUT2D eigenvalue weighted by molar-refractivity contribution is 0.0908. The zero-order valence-electron chi connectivity index (χ0n) is 15.8. The summed E-state index contributed by atoms with van der Waals surface area (Å²) in [7, 11) is 1.58. The molecule has 1 saturated heterocycles. The number of nitrogens with zero attached hydrogens (tertiary/aromatic N) is 1. The van der Waals surface area contributed by atoms with Gasteiger partial charge in [-0.25, -0.2) is 9.59 Å². The normalized spacial score (nSPS) is 14.3. The Bertz CT molecular complexity index is 904. The van der Waals surface area contributed by atoms with Crippen molar-refractivity contribution in [3.8, 4) is 16.2 Å². The number of hydrogen-bond acceptors (Lipinski definition) is 5. The second-order valence-corrected chi connectivity index (χ2v) is 7.64. The van der Waals surface area contributed by atoms with E-state index in [-0.39, 0.29) is 11.9 Å². The van der Waals surface area contributed by atoms with Crippen molar-refractivity contribution in [1.29, 1.82) is 0 Å². The van der Waals surface area contributed by atoms with Gasteiger partial charge in [-0.05, 0) is 48.7 Å². The third-order valence-electron chi connectivity index (χ3n) is 4.69. The van der Waals surface area contributed by atoms with Crippen molar-refractivity contribution >= 4 is 34.4 Å². The van der Waals surface area contributed by atoms with Gasteiger partial charge < -0.3 is 25.8 Å². The first-order valence-corrected chi connectivity index (χ1v) is 9.82. The molecule has 1 aromatic carbocycles. The van der Waals surface area contributed by atoms with Crippen molar-refractivity contribution in [2.75, 3.05) is 25.5 Å². The fourth-order valence-electron chi connectivity index (χ4n) is 3.14. The van der Waals surface area contributed by atoms with Crippen molar-refractivity contribution in [1.82, 2.24) is 10.2 Å². The third kappa shape index (κ3) is 4.96. The predicted molar refractivity (Wildman–Crippen MR) is 110 cm³/mol. The van der Waals surface area contributed by atoms with Gasteiger partial charge in [-0.3, -0.25) is 10.1 Å². The van der Waals surface area contributed by atoms with Crippen LogP contribution in [0.15, 0.2) is 30.3 Å². The molecule has 1 aliphatic rings. The number of primary amides is 1. The number of carbonyl (C=O) groups excluding carboxylic acids is 2. The molecule has 0 atom stereocenters. The number of anilines is 1. The Morgan fingerprint density at radius 2 is 1.86 bits per heavy atom. The molecular formula is C19H22N4O5S. The number of nitrogens with one attached hydrogen (secondary N) is 2. The average Bonchev–Trinajstić information content (AvgIpc) is 3.11. The fourth-order valence-corrected chi connectivity index (χ4v) is 4.20. The molecule has 0 saturated carbocycles. The Balaban J connectivity index is 1.77. The molecule has 154 valence electrons. The van der Waals surface area contributed by atoms with Gasteiger partial charge in [0.15, 0.2) is 0 Å². The van der Waals surface area contributed by atoms with Gasteiger partial charge in [-0.2, -0.15) is 0 Å². The molecule has 3 rings (SSSR count). The lowest BCUT2D eigenvalue weighted by Crippen LogP contribution is -2.46. The number of urea groups is 1. The van der Waals surface area contributed by atoms with Crippen molar-refractivity contribution in [2.24, 2.45) is 5.73 Å². The Kier molecular flexibility index (Phi) is 6.23. The van der Waals surface area contributed by atoms with E-state index in [1.165, 1.54) is 16.2 Å². The summed E-state index contributed by atoms with van der Waals surface area (Å²) in [6, 6.07) is 8.17. The molecule has 0 radical (unpaired) electrons. The van der Waals surface area contributed by atoms with Gasteiger partial charge in [0, 0.05) is 24.0 Å². The monoisotopic (exact) mass is 418 g/mol. The summed E-state index contributed by atoms with van der Waals surface area (Å²) >= 11 is 1.25. The van der Waals surface area contributed by atoms with E-state index in [1.807, 2.05) is 24.3 Å². The number of thiophene rings is 1. The van der Waals surface area contributed by atoms with E-state index in [9.17, 15) is 14.4 Å². The summed E-state index contributed by atoms with van der Waals surface area (Å²) in [5.74, 6) is 0.380. The lowest BCUT2D eigenvalue weighted by Gasteiger charge is -2.30. The molecule has 9 nitrogen and oxygen atoms in total. The number of rotatable bonds is 5. The minimum Gasteiger partial charge on any atom is -0.497 e. The number of carbonyl (C=O) groups is 3. The van der Waals surface area contributed by atoms with Crippen LogP contribution in [0.2, 0.25) is 0 Å². The number of benzene rings is 1. The highest BCUT2D eigenvalue weighted by Crippen LogP contribution is 2.36. The van der Waals surface area contributed by atoms with E-state index in [0.717, 1.165) is 10.4 Å². The van der Waals surface area contributed by atoms with Gasteiger partial charge in [-0.15, -0.1) is 11.3 Å². The molecule has 0 spiro atoms. The highest BCUT2D eigenvalue weighted by molar-refractivity contribution is 7.20. The summed E-state index contributed by atoms with van der Waals surface area (Å²) in [4.78, 5) is 37.3. The third-order valence-corrected chi connectivity index (χ3v) is 5.79. The first-order valence-electron chi connectivity index (χ1n) is 9.01. The molecule has 0 unspecified atom stereocenters. The second kappa shape index (κ2) is 8.82. The van der Waals surface area contributed by atoms with E-state index >= 15 is 0 Å². The zero-order chi connectivity index (χ0) is 21.0.